The van der Waals surface area contributed by atoms with Crippen LogP contribution in [0.3, 0.4) is 0 Å². The van der Waals surface area contributed by atoms with Crippen molar-refractivity contribution in [3.05, 3.63) is 23.2 Å². The van der Waals surface area contributed by atoms with Crippen LogP contribution in [-0.2, 0) is 6.18 Å². The highest BCUT2D eigenvalue weighted by Gasteiger charge is 2.33. The van der Waals surface area contributed by atoms with Crippen LogP contribution in [0.1, 0.15) is 19.5 Å². The van der Waals surface area contributed by atoms with Crippen molar-refractivity contribution in [2.24, 2.45) is 0 Å². The van der Waals surface area contributed by atoms with Gasteiger partial charge in [-0.25, -0.2) is 4.68 Å². The molecule has 0 aliphatic carbocycles. The van der Waals surface area contributed by atoms with Crippen LogP contribution in [0, 0.1) is 0 Å². The Kier molecular flexibility index (Phi) is 3.80. The SMILES string of the molecule is CC(C)Oc1nc(Cl)nc(-n2ccc(C(F)(F)F)n2)n1. The third-order valence-corrected chi connectivity index (χ3v) is 2.17. The molecule has 2 aromatic rings. The standard InChI is InChI=1S/C10H9ClF3N5O/c1-5(2)20-9-16-7(11)15-8(17-9)19-4-3-6(18-19)10(12,13)14/h3-5H,1-2H3. The molecule has 0 aliphatic heterocycles. The van der Waals surface area contributed by atoms with E-state index < -0.39 is 11.9 Å². The molecule has 20 heavy (non-hydrogen) atoms. The Labute approximate surface area is 116 Å². The second kappa shape index (κ2) is 5.23. The molecule has 108 valence electrons. The van der Waals surface area contributed by atoms with Gasteiger partial charge >= 0.3 is 12.2 Å². The van der Waals surface area contributed by atoms with Gasteiger partial charge in [0.1, 0.15) is 0 Å². The van der Waals surface area contributed by atoms with Gasteiger partial charge < -0.3 is 4.74 Å². The molecule has 2 heterocycles. The Balaban J connectivity index is 2.37. The topological polar surface area (TPSA) is 65.7 Å². The van der Waals surface area contributed by atoms with Gasteiger partial charge in [-0.3, -0.25) is 0 Å². The zero-order valence-corrected chi connectivity index (χ0v) is 11.1. The van der Waals surface area contributed by atoms with Crippen LogP contribution in [-0.4, -0.2) is 30.8 Å². The Hall–Kier alpha value is -1.90. The molecule has 0 spiro atoms. The van der Waals surface area contributed by atoms with Crippen molar-refractivity contribution >= 4 is 11.6 Å². The second-order valence-electron chi connectivity index (χ2n) is 4.00. The van der Waals surface area contributed by atoms with E-state index in [0.717, 1.165) is 16.9 Å². The summed E-state index contributed by atoms with van der Waals surface area (Å²) >= 11 is 5.67. The molecule has 2 aromatic heterocycles. The van der Waals surface area contributed by atoms with Crippen molar-refractivity contribution in [3.63, 3.8) is 0 Å². The fraction of sp³-hybridized carbons (Fsp3) is 0.400. The maximum absolute atomic E-state index is 12.5. The maximum atomic E-state index is 12.5. The van der Waals surface area contributed by atoms with E-state index in [9.17, 15) is 13.2 Å². The first kappa shape index (κ1) is 14.5. The average Bonchev–Trinajstić information content (AvgIpc) is 2.75. The van der Waals surface area contributed by atoms with E-state index in [1.165, 1.54) is 0 Å². The van der Waals surface area contributed by atoms with Gasteiger partial charge in [-0.1, -0.05) is 0 Å². The van der Waals surface area contributed by atoms with E-state index in [-0.39, 0.29) is 23.3 Å². The van der Waals surface area contributed by atoms with Crippen LogP contribution in [0.15, 0.2) is 12.3 Å². The zero-order chi connectivity index (χ0) is 14.9. The number of halogens is 4. The maximum Gasteiger partial charge on any atom is 0.435 e. The largest absolute Gasteiger partial charge is 0.461 e. The highest BCUT2D eigenvalue weighted by Crippen LogP contribution is 2.27. The Morgan fingerprint density at radius 3 is 2.50 bits per heavy atom. The van der Waals surface area contributed by atoms with Crippen molar-refractivity contribution in [1.82, 2.24) is 24.7 Å². The molecule has 2 rings (SSSR count). The van der Waals surface area contributed by atoms with Crippen LogP contribution in [0.25, 0.3) is 5.95 Å². The molecule has 6 nitrogen and oxygen atoms in total. The van der Waals surface area contributed by atoms with Crippen molar-refractivity contribution < 1.29 is 17.9 Å². The van der Waals surface area contributed by atoms with E-state index in [1.807, 2.05) is 0 Å². The summed E-state index contributed by atoms with van der Waals surface area (Å²) in [5.74, 6) is -0.156. The first-order chi connectivity index (χ1) is 9.25. The lowest BCUT2D eigenvalue weighted by Crippen LogP contribution is -2.12. The minimum Gasteiger partial charge on any atom is -0.461 e. The summed E-state index contributed by atoms with van der Waals surface area (Å²) in [7, 11) is 0. The van der Waals surface area contributed by atoms with Crippen molar-refractivity contribution in [2.45, 2.75) is 26.1 Å². The molecule has 0 radical (unpaired) electrons. The molecule has 0 bridgehead atoms. The molecular weight excluding hydrogens is 299 g/mol. The monoisotopic (exact) mass is 307 g/mol. The minimum atomic E-state index is -4.54. The fourth-order valence-electron chi connectivity index (χ4n) is 1.27. The van der Waals surface area contributed by atoms with Gasteiger partial charge in [0, 0.05) is 6.20 Å². The van der Waals surface area contributed by atoms with E-state index in [4.69, 9.17) is 16.3 Å². The van der Waals surface area contributed by atoms with Crippen LogP contribution in [0.4, 0.5) is 13.2 Å². The summed E-state index contributed by atoms with van der Waals surface area (Å²) in [4.78, 5) is 11.3. The van der Waals surface area contributed by atoms with Crippen molar-refractivity contribution in [2.75, 3.05) is 0 Å². The lowest BCUT2D eigenvalue weighted by Gasteiger charge is -2.08. The number of nitrogens with zero attached hydrogens (tertiary/aromatic N) is 5. The molecule has 0 amide bonds. The zero-order valence-electron chi connectivity index (χ0n) is 10.4. The number of rotatable bonds is 3. The summed E-state index contributed by atoms with van der Waals surface area (Å²) in [5, 5.41) is 3.14. The van der Waals surface area contributed by atoms with E-state index in [1.54, 1.807) is 13.8 Å². The number of aromatic nitrogens is 5. The number of hydrogen-bond acceptors (Lipinski definition) is 5. The highest BCUT2D eigenvalue weighted by atomic mass is 35.5. The van der Waals surface area contributed by atoms with Gasteiger partial charge in [-0.15, -0.1) is 0 Å². The van der Waals surface area contributed by atoms with Gasteiger partial charge in [0.25, 0.3) is 5.95 Å². The third kappa shape index (κ3) is 3.35. The van der Waals surface area contributed by atoms with Crippen LogP contribution in [0.5, 0.6) is 6.01 Å². The summed E-state index contributed by atoms with van der Waals surface area (Å²) < 4.78 is 43.5. The normalized spacial score (nSPS) is 11.9. The Morgan fingerprint density at radius 2 is 1.95 bits per heavy atom. The minimum absolute atomic E-state index is 0.0842. The molecule has 0 aromatic carbocycles. The summed E-state index contributed by atoms with van der Waals surface area (Å²) in [6.45, 7) is 3.49. The molecule has 0 aliphatic rings. The van der Waals surface area contributed by atoms with Crippen molar-refractivity contribution in [3.8, 4) is 12.0 Å². The first-order valence-corrected chi connectivity index (χ1v) is 5.85. The summed E-state index contributed by atoms with van der Waals surface area (Å²) in [6.07, 6.45) is -3.68. The number of hydrogen-bond donors (Lipinski definition) is 0. The molecule has 0 saturated carbocycles. The summed E-state index contributed by atoms with van der Waals surface area (Å²) in [6, 6.07) is 0.722. The number of ether oxygens (including phenoxy) is 1. The van der Waals surface area contributed by atoms with E-state index >= 15 is 0 Å². The molecule has 0 N–H and O–H groups in total. The molecule has 0 saturated heterocycles. The van der Waals surface area contributed by atoms with Crippen LogP contribution in [0.2, 0.25) is 5.28 Å². The lowest BCUT2D eigenvalue weighted by atomic mass is 10.4. The predicted octanol–water partition coefficient (Wildman–Crippen LogP) is 2.52. The smallest absolute Gasteiger partial charge is 0.435 e. The molecular formula is C10H9ClF3N5O. The predicted molar refractivity (Wildman–Crippen MR) is 62.7 cm³/mol. The van der Waals surface area contributed by atoms with Gasteiger partial charge in [-0.05, 0) is 31.5 Å². The van der Waals surface area contributed by atoms with Gasteiger partial charge in [0.05, 0.1) is 6.10 Å². The van der Waals surface area contributed by atoms with E-state index in [2.05, 4.69) is 20.1 Å². The second-order valence-corrected chi connectivity index (χ2v) is 4.33. The van der Waals surface area contributed by atoms with E-state index in [0.29, 0.717) is 0 Å². The van der Waals surface area contributed by atoms with Gasteiger partial charge in [0.2, 0.25) is 5.28 Å². The van der Waals surface area contributed by atoms with Gasteiger partial charge in [0.15, 0.2) is 5.69 Å². The first-order valence-electron chi connectivity index (χ1n) is 5.47. The fourth-order valence-corrected chi connectivity index (χ4v) is 1.42. The summed E-state index contributed by atoms with van der Waals surface area (Å²) in [5.41, 5.74) is -1.06. The average molecular weight is 308 g/mol. The van der Waals surface area contributed by atoms with Crippen molar-refractivity contribution in [1.29, 1.82) is 0 Å². The van der Waals surface area contributed by atoms with Crippen LogP contribution < -0.4 is 4.74 Å². The molecule has 0 unspecified atom stereocenters. The quantitative estimate of drug-likeness (QED) is 0.871. The Bertz CT molecular complexity index is 613. The number of alkyl halides is 3. The Morgan fingerprint density at radius 1 is 1.25 bits per heavy atom. The van der Waals surface area contributed by atoms with Gasteiger partial charge in [-0.2, -0.15) is 33.2 Å². The lowest BCUT2D eigenvalue weighted by molar-refractivity contribution is -0.141. The third-order valence-electron chi connectivity index (χ3n) is 2.00. The van der Waals surface area contributed by atoms with Crippen LogP contribution >= 0.6 is 11.6 Å². The highest BCUT2D eigenvalue weighted by molar-refractivity contribution is 6.28. The molecule has 0 atom stereocenters. The molecule has 0 fully saturated rings. The molecule has 10 heteroatoms.